The number of nitrogens with zero attached hydrogens (tertiary/aromatic N) is 1. The molecular weight excluding hydrogens is 438 g/mol. The topological polar surface area (TPSA) is 89.6 Å². The van der Waals surface area contributed by atoms with Gasteiger partial charge in [-0.1, -0.05) is 30.3 Å². The third kappa shape index (κ3) is 5.78. The van der Waals surface area contributed by atoms with E-state index in [1.54, 1.807) is 25.3 Å². The Hall–Kier alpha value is -3.65. The fourth-order valence-electron chi connectivity index (χ4n) is 3.45. The smallest absolute Gasteiger partial charge is 0.257 e. The monoisotopic (exact) mass is 465 g/mol. The van der Waals surface area contributed by atoms with E-state index in [-0.39, 0.29) is 17.9 Å². The van der Waals surface area contributed by atoms with Crippen LogP contribution in [0.1, 0.15) is 41.4 Å². The van der Waals surface area contributed by atoms with Gasteiger partial charge in [-0.15, -0.1) is 17.9 Å². The number of aromatic nitrogens is 1. The molecule has 3 aromatic rings. The Kier molecular flexibility index (Phi) is 7.84. The maximum Gasteiger partial charge on any atom is 0.257 e. The van der Waals surface area contributed by atoms with Crippen molar-refractivity contribution in [3.63, 3.8) is 0 Å². The molecule has 1 aromatic heterocycles. The summed E-state index contributed by atoms with van der Waals surface area (Å²) >= 11 is 1.35. The molecule has 0 spiro atoms. The molecular formula is C25H27N3O4S. The molecule has 0 aliphatic heterocycles. The zero-order valence-electron chi connectivity index (χ0n) is 19.1. The maximum atomic E-state index is 12.9. The normalized spacial score (nSPS) is 11.4. The molecule has 1 atom stereocenters. The van der Waals surface area contributed by atoms with Crippen LogP contribution < -0.4 is 20.1 Å². The molecule has 0 aliphatic carbocycles. The summed E-state index contributed by atoms with van der Waals surface area (Å²) in [5, 5.41) is 8.10. The van der Waals surface area contributed by atoms with Gasteiger partial charge in [-0.3, -0.25) is 14.9 Å². The second kappa shape index (κ2) is 10.8. The van der Waals surface area contributed by atoms with E-state index < -0.39 is 0 Å². The van der Waals surface area contributed by atoms with Gasteiger partial charge in [-0.2, -0.15) is 0 Å². The molecule has 2 N–H and O–H groups in total. The second-order valence-electron chi connectivity index (χ2n) is 7.40. The fraction of sp³-hybridized carbons (Fsp3) is 0.240. The van der Waals surface area contributed by atoms with Crippen molar-refractivity contribution in [3.8, 4) is 22.8 Å². The second-order valence-corrected chi connectivity index (χ2v) is 8.26. The molecule has 0 radical (unpaired) electrons. The Morgan fingerprint density at radius 1 is 1.18 bits per heavy atom. The molecule has 33 heavy (non-hydrogen) atoms. The standard InChI is InChI=1S/C25H27N3O4S/c1-6-7-19-12-20(13-22(31-4)23(19)32-5)24(30)28-25-27-21(14-33-25)18-10-8-17(9-11-18)15(2)26-16(3)29/h6,8-15H,1,7H2,2-5H3,(H,26,29)(H,27,28,30). The SMILES string of the molecule is C=CCc1cc(C(=O)Nc2nc(-c3ccc(C(C)NC(C)=O)cc3)cs2)cc(OC)c1OC. The number of hydrogen-bond donors (Lipinski definition) is 2. The summed E-state index contributed by atoms with van der Waals surface area (Å²) in [6, 6.07) is 11.1. The van der Waals surface area contributed by atoms with Gasteiger partial charge in [0.15, 0.2) is 16.6 Å². The Bertz CT molecular complexity index is 1150. The van der Waals surface area contributed by atoms with Crippen molar-refractivity contribution in [1.82, 2.24) is 10.3 Å². The first-order valence-electron chi connectivity index (χ1n) is 10.4. The molecule has 3 rings (SSSR count). The highest BCUT2D eigenvalue weighted by Gasteiger charge is 2.17. The Morgan fingerprint density at radius 3 is 2.52 bits per heavy atom. The molecule has 0 saturated heterocycles. The van der Waals surface area contributed by atoms with Gasteiger partial charge in [-0.05, 0) is 31.0 Å². The van der Waals surface area contributed by atoms with Crippen molar-refractivity contribution in [1.29, 1.82) is 0 Å². The summed E-state index contributed by atoms with van der Waals surface area (Å²) in [5.41, 5.74) is 3.93. The summed E-state index contributed by atoms with van der Waals surface area (Å²) in [4.78, 5) is 28.7. The van der Waals surface area contributed by atoms with Crippen molar-refractivity contribution in [2.75, 3.05) is 19.5 Å². The molecule has 0 fully saturated rings. The zero-order chi connectivity index (χ0) is 24.0. The lowest BCUT2D eigenvalue weighted by molar-refractivity contribution is -0.119. The van der Waals surface area contributed by atoms with Crippen LogP contribution in [0.3, 0.4) is 0 Å². The third-order valence-electron chi connectivity index (χ3n) is 5.03. The van der Waals surface area contributed by atoms with Crippen molar-refractivity contribution in [2.45, 2.75) is 26.3 Å². The lowest BCUT2D eigenvalue weighted by Crippen LogP contribution is -2.23. The number of thiazole rings is 1. The number of allylic oxidation sites excluding steroid dienone is 1. The van der Waals surface area contributed by atoms with E-state index in [1.807, 2.05) is 36.6 Å². The molecule has 172 valence electrons. The molecule has 0 bridgehead atoms. The van der Waals surface area contributed by atoms with Crippen molar-refractivity contribution in [2.24, 2.45) is 0 Å². The van der Waals surface area contributed by atoms with Gasteiger partial charge in [-0.25, -0.2) is 4.98 Å². The molecule has 1 unspecified atom stereocenters. The quantitative estimate of drug-likeness (QED) is 0.434. The average Bonchev–Trinajstić information content (AvgIpc) is 3.26. The fourth-order valence-corrected chi connectivity index (χ4v) is 4.16. The van der Waals surface area contributed by atoms with E-state index in [9.17, 15) is 9.59 Å². The van der Waals surface area contributed by atoms with Crippen LogP contribution >= 0.6 is 11.3 Å². The summed E-state index contributed by atoms with van der Waals surface area (Å²) < 4.78 is 10.8. The van der Waals surface area contributed by atoms with Crippen molar-refractivity contribution < 1.29 is 19.1 Å². The minimum atomic E-state index is -0.290. The molecule has 1 heterocycles. The van der Waals surface area contributed by atoms with Crippen LogP contribution in [0.4, 0.5) is 5.13 Å². The van der Waals surface area contributed by atoms with Crippen LogP contribution in [-0.2, 0) is 11.2 Å². The summed E-state index contributed by atoms with van der Waals surface area (Å²) in [7, 11) is 3.10. The molecule has 2 aromatic carbocycles. The summed E-state index contributed by atoms with van der Waals surface area (Å²) in [6.07, 6.45) is 2.28. The number of amides is 2. The molecule has 7 nitrogen and oxygen atoms in total. The van der Waals surface area contributed by atoms with Gasteiger partial charge in [0, 0.05) is 29.0 Å². The van der Waals surface area contributed by atoms with Crippen LogP contribution in [-0.4, -0.2) is 31.0 Å². The number of nitrogens with one attached hydrogen (secondary N) is 2. The number of carbonyl (C=O) groups is 2. The highest BCUT2D eigenvalue weighted by molar-refractivity contribution is 7.14. The van der Waals surface area contributed by atoms with Gasteiger partial charge in [0.2, 0.25) is 5.91 Å². The Balaban J connectivity index is 1.77. The predicted octanol–water partition coefficient (Wildman–Crippen LogP) is 5.01. The first-order chi connectivity index (χ1) is 15.9. The lowest BCUT2D eigenvalue weighted by Gasteiger charge is -2.14. The number of anilines is 1. The number of benzene rings is 2. The predicted molar refractivity (Wildman–Crippen MR) is 131 cm³/mol. The number of rotatable bonds is 9. The number of hydrogen-bond acceptors (Lipinski definition) is 6. The molecule has 8 heteroatoms. The zero-order valence-corrected chi connectivity index (χ0v) is 19.9. The van der Waals surface area contributed by atoms with Crippen LogP contribution in [0.15, 0.2) is 54.4 Å². The van der Waals surface area contributed by atoms with Gasteiger partial charge >= 0.3 is 0 Å². The summed E-state index contributed by atoms with van der Waals surface area (Å²) in [5.74, 6) is 0.705. The van der Waals surface area contributed by atoms with Gasteiger partial charge < -0.3 is 14.8 Å². The summed E-state index contributed by atoms with van der Waals surface area (Å²) in [6.45, 7) is 7.19. The first kappa shape index (κ1) is 24.0. The van der Waals surface area contributed by atoms with E-state index in [0.717, 1.165) is 22.4 Å². The van der Waals surface area contributed by atoms with E-state index >= 15 is 0 Å². The van der Waals surface area contributed by atoms with E-state index in [0.29, 0.717) is 28.6 Å². The van der Waals surface area contributed by atoms with Gasteiger partial charge in [0.05, 0.1) is 26.0 Å². The highest BCUT2D eigenvalue weighted by atomic mass is 32.1. The number of methoxy groups -OCH3 is 2. The van der Waals surface area contributed by atoms with Crippen LogP contribution in [0.5, 0.6) is 11.5 Å². The maximum absolute atomic E-state index is 12.9. The van der Waals surface area contributed by atoms with Crippen LogP contribution in [0.2, 0.25) is 0 Å². The largest absolute Gasteiger partial charge is 0.493 e. The lowest BCUT2D eigenvalue weighted by atomic mass is 10.0. The van der Waals surface area contributed by atoms with Crippen LogP contribution in [0, 0.1) is 0 Å². The van der Waals surface area contributed by atoms with E-state index in [2.05, 4.69) is 22.2 Å². The van der Waals surface area contributed by atoms with Crippen molar-refractivity contribution >= 4 is 28.3 Å². The Labute approximate surface area is 197 Å². The minimum Gasteiger partial charge on any atom is -0.493 e. The molecule has 0 saturated carbocycles. The van der Waals surface area contributed by atoms with Gasteiger partial charge in [0.25, 0.3) is 5.91 Å². The van der Waals surface area contributed by atoms with Crippen LogP contribution in [0.25, 0.3) is 11.3 Å². The highest BCUT2D eigenvalue weighted by Crippen LogP contribution is 2.34. The van der Waals surface area contributed by atoms with E-state index in [1.165, 1.54) is 25.4 Å². The minimum absolute atomic E-state index is 0.0717. The van der Waals surface area contributed by atoms with Gasteiger partial charge in [0.1, 0.15) is 0 Å². The molecule has 2 amide bonds. The Morgan fingerprint density at radius 2 is 1.91 bits per heavy atom. The number of ether oxygens (including phenoxy) is 2. The first-order valence-corrected chi connectivity index (χ1v) is 11.2. The average molecular weight is 466 g/mol. The molecule has 0 aliphatic rings. The van der Waals surface area contributed by atoms with E-state index in [4.69, 9.17) is 9.47 Å². The third-order valence-corrected chi connectivity index (χ3v) is 5.79. The number of carbonyl (C=O) groups excluding carboxylic acids is 2. The van der Waals surface area contributed by atoms with Crippen molar-refractivity contribution in [3.05, 3.63) is 71.1 Å².